The van der Waals surface area contributed by atoms with E-state index in [1.807, 2.05) is 0 Å². The Morgan fingerprint density at radius 3 is 2.37 bits per heavy atom. The van der Waals surface area contributed by atoms with Crippen molar-refractivity contribution in [2.24, 2.45) is 0 Å². The highest BCUT2D eigenvalue weighted by Crippen LogP contribution is 2.25. The SMILES string of the molecule is COc1cc(NC(=O)CCNS(=O)(=O)c2ccc3[nH]c(=O)ccc3c2)cc(OC)c1. The van der Waals surface area contributed by atoms with E-state index in [9.17, 15) is 18.0 Å². The lowest BCUT2D eigenvalue weighted by Crippen LogP contribution is -2.27. The lowest BCUT2D eigenvalue weighted by molar-refractivity contribution is -0.116. The van der Waals surface area contributed by atoms with E-state index in [0.717, 1.165) is 0 Å². The van der Waals surface area contributed by atoms with Crippen molar-refractivity contribution in [3.63, 3.8) is 0 Å². The van der Waals surface area contributed by atoms with Gasteiger partial charge in [0, 0.05) is 48.4 Å². The summed E-state index contributed by atoms with van der Waals surface area (Å²) in [6.07, 6.45) is -0.0698. The van der Waals surface area contributed by atoms with Crippen molar-refractivity contribution < 1.29 is 22.7 Å². The molecule has 0 bridgehead atoms. The molecular formula is C20H21N3O6S. The first-order valence-electron chi connectivity index (χ1n) is 8.96. The number of hydrogen-bond donors (Lipinski definition) is 3. The van der Waals surface area contributed by atoms with Crippen LogP contribution in [0.3, 0.4) is 0 Å². The molecule has 2 aromatic carbocycles. The number of aromatic amines is 1. The monoisotopic (exact) mass is 431 g/mol. The molecule has 0 aliphatic rings. The van der Waals surface area contributed by atoms with E-state index in [2.05, 4.69) is 15.0 Å². The maximum absolute atomic E-state index is 12.5. The molecule has 0 aliphatic heterocycles. The number of rotatable bonds is 8. The number of pyridine rings is 1. The highest BCUT2D eigenvalue weighted by Gasteiger charge is 2.15. The summed E-state index contributed by atoms with van der Waals surface area (Å²) >= 11 is 0. The molecule has 10 heteroatoms. The first-order valence-corrected chi connectivity index (χ1v) is 10.4. The summed E-state index contributed by atoms with van der Waals surface area (Å²) in [6.45, 7) is -0.0844. The first-order chi connectivity index (χ1) is 14.3. The van der Waals surface area contributed by atoms with Gasteiger partial charge in [-0.1, -0.05) is 0 Å². The molecule has 30 heavy (non-hydrogen) atoms. The summed E-state index contributed by atoms with van der Waals surface area (Å²) in [5.41, 5.74) is 0.744. The lowest BCUT2D eigenvalue weighted by atomic mass is 10.2. The second-order valence-corrected chi connectivity index (χ2v) is 8.14. The topological polar surface area (TPSA) is 127 Å². The van der Waals surface area contributed by atoms with Gasteiger partial charge in [0.15, 0.2) is 0 Å². The smallest absolute Gasteiger partial charge is 0.248 e. The number of hydrogen-bond acceptors (Lipinski definition) is 6. The number of nitrogens with one attached hydrogen (secondary N) is 3. The molecule has 0 atom stereocenters. The van der Waals surface area contributed by atoms with Crippen molar-refractivity contribution in [1.29, 1.82) is 0 Å². The van der Waals surface area contributed by atoms with Crippen LogP contribution in [0.2, 0.25) is 0 Å². The number of sulfonamides is 1. The van der Waals surface area contributed by atoms with Gasteiger partial charge in [0.05, 0.1) is 19.1 Å². The van der Waals surface area contributed by atoms with E-state index in [4.69, 9.17) is 9.47 Å². The van der Waals surface area contributed by atoms with Gasteiger partial charge in [-0.05, 0) is 29.7 Å². The molecular weight excluding hydrogens is 410 g/mol. The molecule has 1 aromatic heterocycles. The van der Waals surface area contributed by atoms with Crippen LogP contribution in [0.1, 0.15) is 6.42 Å². The van der Waals surface area contributed by atoms with Crippen LogP contribution in [0.15, 0.2) is 58.2 Å². The van der Waals surface area contributed by atoms with Gasteiger partial charge in [-0.25, -0.2) is 13.1 Å². The zero-order valence-electron chi connectivity index (χ0n) is 16.4. The molecule has 0 aliphatic carbocycles. The van der Waals surface area contributed by atoms with Gasteiger partial charge in [0.1, 0.15) is 11.5 Å². The Kier molecular flexibility index (Phi) is 6.38. The third-order valence-electron chi connectivity index (χ3n) is 4.28. The lowest BCUT2D eigenvalue weighted by Gasteiger charge is -2.10. The molecule has 9 nitrogen and oxygen atoms in total. The van der Waals surface area contributed by atoms with E-state index < -0.39 is 10.0 Å². The summed E-state index contributed by atoms with van der Waals surface area (Å²) in [4.78, 5) is 26.2. The minimum Gasteiger partial charge on any atom is -0.497 e. The van der Waals surface area contributed by atoms with Crippen LogP contribution in [0.25, 0.3) is 10.9 Å². The number of fused-ring (bicyclic) bond motifs is 1. The Morgan fingerprint density at radius 2 is 1.70 bits per heavy atom. The predicted octanol–water partition coefficient (Wildman–Crippen LogP) is 1.85. The fourth-order valence-corrected chi connectivity index (χ4v) is 3.85. The molecule has 1 amide bonds. The van der Waals surface area contributed by atoms with E-state index in [1.165, 1.54) is 38.5 Å². The number of anilines is 1. The molecule has 1 heterocycles. The maximum Gasteiger partial charge on any atom is 0.248 e. The molecule has 158 valence electrons. The Labute approximate surface area is 173 Å². The van der Waals surface area contributed by atoms with Gasteiger partial charge in [0.2, 0.25) is 21.5 Å². The van der Waals surface area contributed by atoms with Gasteiger partial charge in [-0.15, -0.1) is 0 Å². The van der Waals surface area contributed by atoms with E-state index >= 15 is 0 Å². The fraction of sp³-hybridized carbons (Fsp3) is 0.200. The standard InChI is InChI=1S/C20H21N3O6S/c1-28-15-10-14(11-16(12-15)29-2)22-20(25)7-8-21-30(26,27)17-4-5-18-13(9-17)3-6-19(24)23-18/h3-6,9-12,21H,7-8H2,1-2H3,(H,22,25)(H,23,24). The summed E-state index contributed by atoms with van der Waals surface area (Å²) in [7, 11) is -0.815. The van der Waals surface area contributed by atoms with Crippen LogP contribution in [-0.4, -0.2) is 40.1 Å². The molecule has 3 aromatic rings. The summed E-state index contributed by atoms with van der Waals surface area (Å²) < 4.78 is 37.7. The Bertz CT molecular complexity index is 1210. The maximum atomic E-state index is 12.5. The highest BCUT2D eigenvalue weighted by molar-refractivity contribution is 7.89. The molecule has 3 rings (SSSR count). The number of H-pyrrole nitrogens is 1. The summed E-state index contributed by atoms with van der Waals surface area (Å²) in [5.74, 6) is 0.662. The molecule has 0 unspecified atom stereocenters. The number of aromatic nitrogens is 1. The van der Waals surface area contributed by atoms with Crippen LogP contribution in [0, 0.1) is 0 Å². The number of benzene rings is 2. The van der Waals surface area contributed by atoms with Crippen LogP contribution in [-0.2, 0) is 14.8 Å². The summed E-state index contributed by atoms with van der Waals surface area (Å²) in [6, 6.07) is 12.2. The molecule has 0 saturated heterocycles. The van der Waals surface area contributed by atoms with E-state index in [0.29, 0.717) is 28.1 Å². The van der Waals surface area contributed by atoms with Gasteiger partial charge in [-0.2, -0.15) is 0 Å². The third kappa shape index (κ3) is 5.16. The largest absolute Gasteiger partial charge is 0.497 e. The van der Waals surface area contributed by atoms with Gasteiger partial charge >= 0.3 is 0 Å². The Hall–Kier alpha value is -3.37. The van der Waals surface area contributed by atoms with E-state index in [-0.39, 0.29) is 29.3 Å². The second-order valence-electron chi connectivity index (χ2n) is 6.37. The second kappa shape index (κ2) is 8.97. The highest BCUT2D eigenvalue weighted by atomic mass is 32.2. The molecule has 0 spiro atoms. The Balaban J connectivity index is 1.62. The Morgan fingerprint density at radius 1 is 1.00 bits per heavy atom. The zero-order chi connectivity index (χ0) is 21.7. The first kappa shape index (κ1) is 21.3. The molecule has 3 N–H and O–H groups in total. The number of carbonyl (C=O) groups excluding carboxylic acids is 1. The number of amides is 1. The molecule has 0 radical (unpaired) electrons. The summed E-state index contributed by atoms with van der Waals surface area (Å²) in [5, 5.41) is 3.26. The zero-order valence-corrected chi connectivity index (χ0v) is 17.2. The van der Waals surface area contributed by atoms with Crippen molar-refractivity contribution in [1.82, 2.24) is 9.71 Å². The average Bonchev–Trinajstić information content (AvgIpc) is 2.72. The normalized spacial score (nSPS) is 11.3. The quantitative estimate of drug-likeness (QED) is 0.500. The predicted molar refractivity (Wildman–Crippen MR) is 113 cm³/mol. The van der Waals surface area contributed by atoms with Crippen molar-refractivity contribution in [3.8, 4) is 11.5 Å². The van der Waals surface area contributed by atoms with Gasteiger partial charge < -0.3 is 19.8 Å². The van der Waals surface area contributed by atoms with Crippen LogP contribution < -0.4 is 25.1 Å². The van der Waals surface area contributed by atoms with Crippen molar-refractivity contribution in [2.75, 3.05) is 26.1 Å². The van der Waals surface area contributed by atoms with Crippen molar-refractivity contribution in [3.05, 3.63) is 58.9 Å². The number of ether oxygens (including phenoxy) is 2. The molecule has 0 fully saturated rings. The van der Waals surface area contributed by atoms with Gasteiger partial charge in [-0.3, -0.25) is 9.59 Å². The van der Waals surface area contributed by atoms with Crippen LogP contribution >= 0.6 is 0 Å². The minimum absolute atomic E-state index is 0.0417. The van der Waals surface area contributed by atoms with Crippen molar-refractivity contribution in [2.45, 2.75) is 11.3 Å². The average molecular weight is 431 g/mol. The minimum atomic E-state index is -3.81. The van der Waals surface area contributed by atoms with Gasteiger partial charge in [0.25, 0.3) is 0 Å². The van der Waals surface area contributed by atoms with E-state index in [1.54, 1.807) is 24.3 Å². The fourth-order valence-electron chi connectivity index (χ4n) is 2.78. The molecule has 0 saturated carbocycles. The third-order valence-corrected chi connectivity index (χ3v) is 5.74. The van der Waals surface area contributed by atoms with Crippen molar-refractivity contribution >= 4 is 32.5 Å². The van der Waals surface area contributed by atoms with Crippen LogP contribution in [0.4, 0.5) is 5.69 Å². The number of methoxy groups -OCH3 is 2. The van der Waals surface area contributed by atoms with Crippen LogP contribution in [0.5, 0.6) is 11.5 Å². The number of carbonyl (C=O) groups is 1.